The SMILES string of the molecule is CC1C2CCCCC2C2C3CC(Br)CCC3N(C[Si](C)(C)C)C12. The molecule has 1 aliphatic heterocycles. The van der Waals surface area contributed by atoms with E-state index < -0.39 is 8.07 Å². The zero-order chi connectivity index (χ0) is 16.4. The maximum Gasteiger partial charge on any atom is 0.0599 e. The van der Waals surface area contributed by atoms with Gasteiger partial charge < -0.3 is 0 Å². The molecule has 1 nitrogen and oxygen atoms in total. The smallest absolute Gasteiger partial charge is 0.0599 e. The fourth-order valence-electron chi connectivity index (χ4n) is 7.22. The lowest BCUT2D eigenvalue weighted by molar-refractivity contribution is 0.110. The average Bonchev–Trinajstić information content (AvgIpc) is 2.93. The highest BCUT2D eigenvalue weighted by Gasteiger charge is 2.61. The summed E-state index contributed by atoms with van der Waals surface area (Å²) >= 11 is 4.00. The lowest BCUT2D eigenvalue weighted by atomic mass is 9.69. The van der Waals surface area contributed by atoms with Crippen LogP contribution in [0.4, 0.5) is 0 Å². The summed E-state index contributed by atoms with van der Waals surface area (Å²) in [5.74, 6) is 5.13. The molecule has 0 spiro atoms. The zero-order valence-electron chi connectivity index (χ0n) is 15.6. The van der Waals surface area contributed by atoms with Gasteiger partial charge in [-0.25, -0.2) is 0 Å². The molecule has 1 saturated heterocycles. The van der Waals surface area contributed by atoms with Crippen LogP contribution in [-0.2, 0) is 0 Å². The highest BCUT2D eigenvalue weighted by molar-refractivity contribution is 9.09. The molecular formula is C20H36BrNSi. The first kappa shape index (κ1) is 17.1. The summed E-state index contributed by atoms with van der Waals surface area (Å²) in [6.07, 6.45) is 11.9. The van der Waals surface area contributed by atoms with Gasteiger partial charge in [0, 0.05) is 16.9 Å². The summed E-state index contributed by atoms with van der Waals surface area (Å²) in [5, 5.41) is 0. The summed E-state index contributed by atoms with van der Waals surface area (Å²) in [6, 6.07) is 1.86. The minimum Gasteiger partial charge on any atom is -0.299 e. The van der Waals surface area contributed by atoms with Crippen molar-refractivity contribution in [2.45, 2.75) is 88.4 Å². The van der Waals surface area contributed by atoms with E-state index in [0.717, 1.165) is 46.5 Å². The quantitative estimate of drug-likeness (QED) is 0.435. The second-order valence-corrected chi connectivity index (χ2v) is 17.1. The summed E-state index contributed by atoms with van der Waals surface area (Å²) in [5.41, 5.74) is 0. The molecule has 0 N–H and O–H groups in total. The number of halogens is 1. The second-order valence-electron chi connectivity index (χ2n) is 10.4. The number of hydrogen-bond donors (Lipinski definition) is 0. The molecule has 23 heavy (non-hydrogen) atoms. The molecule has 132 valence electrons. The van der Waals surface area contributed by atoms with E-state index in [1.807, 2.05) is 0 Å². The summed E-state index contributed by atoms with van der Waals surface area (Å²) in [4.78, 5) is 3.90. The van der Waals surface area contributed by atoms with E-state index >= 15 is 0 Å². The lowest BCUT2D eigenvalue weighted by Crippen LogP contribution is -2.50. The molecule has 0 aromatic carbocycles. The van der Waals surface area contributed by atoms with E-state index in [0.29, 0.717) is 0 Å². The molecule has 0 aromatic heterocycles. The Morgan fingerprint density at radius 2 is 1.65 bits per heavy atom. The van der Waals surface area contributed by atoms with Crippen molar-refractivity contribution < 1.29 is 0 Å². The average molecular weight is 399 g/mol. The highest BCUT2D eigenvalue weighted by Crippen LogP contribution is 2.60. The number of nitrogens with zero attached hydrogens (tertiary/aromatic N) is 1. The highest BCUT2D eigenvalue weighted by atomic mass is 79.9. The Balaban J connectivity index is 1.67. The molecule has 1 heterocycles. The van der Waals surface area contributed by atoms with E-state index in [-0.39, 0.29) is 0 Å². The molecule has 0 radical (unpaired) electrons. The van der Waals surface area contributed by atoms with Gasteiger partial charge in [0.05, 0.1) is 8.07 Å². The van der Waals surface area contributed by atoms with Crippen LogP contribution in [0.15, 0.2) is 0 Å². The van der Waals surface area contributed by atoms with Crippen LogP contribution in [0.5, 0.6) is 0 Å². The van der Waals surface area contributed by atoms with E-state index in [9.17, 15) is 0 Å². The van der Waals surface area contributed by atoms with Crippen LogP contribution < -0.4 is 0 Å². The van der Waals surface area contributed by atoms with Crippen LogP contribution >= 0.6 is 15.9 Å². The first-order chi connectivity index (χ1) is 10.9. The normalized spacial score (nSPS) is 50.5. The van der Waals surface area contributed by atoms with E-state index in [1.54, 1.807) is 6.42 Å². The van der Waals surface area contributed by atoms with Crippen molar-refractivity contribution in [3.05, 3.63) is 0 Å². The maximum absolute atomic E-state index is 4.00. The van der Waals surface area contributed by atoms with Crippen LogP contribution in [0.2, 0.25) is 19.6 Å². The van der Waals surface area contributed by atoms with Gasteiger partial charge in [-0.15, -0.1) is 0 Å². The molecule has 8 atom stereocenters. The molecule has 3 heteroatoms. The van der Waals surface area contributed by atoms with Gasteiger partial charge in [-0.1, -0.05) is 55.3 Å². The predicted molar refractivity (Wildman–Crippen MR) is 106 cm³/mol. The fourth-order valence-corrected chi connectivity index (χ4v) is 9.46. The Morgan fingerprint density at radius 3 is 2.35 bits per heavy atom. The van der Waals surface area contributed by atoms with Gasteiger partial charge in [0.25, 0.3) is 0 Å². The van der Waals surface area contributed by atoms with Crippen LogP contribution in [0.25, 0.3) is 0 Å². The van der Waals surface area contributed by atoms with Gasteiger partial charge in [-0.05, 0) is 67.9 Å². The van der Waals surface area contributed by atoms with E-state index in [4.69, 9.17) is 0 Å². The third-order valence-electron chi connectivity index (χ3n) is 7.74. The number of rotatable bonds is 2. The van der Waals surface area contributed by atoms with Crippen molar-refractivity contribution in [3.63, 3.8) is 0 Å². The fraction of sp³-hybridized carbons (Fsp3) is 1.00. The van der Waals surface area contributed by atoms with Gasteiger partial charge in [0.2, 0.25) is 0 Å². The summed E-state index contributed by atoms with van der Waals surface area (Å²) in [6.45, 7) is 10.4. The molecule has 4 fully saturated rings. The first-order valence-corrected chi connectivity index (χ1v) is 14.9. The van der Waals surface area contributed by atoms with Crippen LogP contribution in [0.1, 0.15) is 51.9 Å². The molecule has 3 saturated carbocycles. The predicted octanol–water partition coefficient (Wildman–Crippen LogP) is 5.55. The molecule has 0 amide bonds. The van der Waals surface area contributed by atoms with Crippen molar-refractivity contribution in [2.75, 3.05) is 6.17 Å². The summed E-state index contributed by atoms with van der Waals surface area (Å²) in [7, 11) is -1.04. The van der Waals surface area contributed by atoms with Crippen LogP contribution in [0.3, 0.4) is 0 Å². The van der Waals surface area contributed by atoms with E-state index in [1.165, 1.54) is 44.7 Å². The van der Waals surface area contributed by atoms with Gasteiger partial charge >= 0.3 is 0 Å². The topological polar surface area (TPSA) is 3.24 Å². The van der Waals surface area contributed by atoms with Gasteiger partial charge in [-0.2, -0.15) is 0 Å². The van der Waals surface area contributed by atoms with Crippen LogP contribution in [0, 0.1) is 29.6 Å². The Labute approximate surface area is 153 Å². The third kappa shape index (κ3) is 2.91. The number of hydrogen-bond acceptors (Lipinski definition) is 1. The minimum atomic E-state index is -1.04. The maximum atomic E-state index is 4.00. The third-order valence-corrected chi connectivity index (χ3v) is 9.88. The van der Waals surface area contributed by atoms with Gasteiger partial charge in [-0.3, -0.25) is 4.90 Å². The first-order valence-electron chi connectivity index (χ1n) is 10.3. The molecule has 4 rings (SSSR count). The monoisotopic (exact) mass is 397 g/mol. The Morgan fingerprint density at radius 1 is 0.957 bits per heavy atom. The van der Waals surface area contributed by atoms with Crippen LogP contribution in [-0.4, -0.2) is 36.1 Å². The molecule has 3 aliphatic carbocycles. The standard InChI is InChI=1S/C20H36BrNSi/c1-13-15-7-5-6-8-16(15)19-17-11-14(21)9-10-18(17)22(20(13)19)12-23(2,3)4/h13-20H,5-12H2,1-4H3. The Kier molecular flexibility index (Phi) is 4.55. The van der Waals surface area contributed by atoms with Crippen molar-refractivity contribution in [2.24, 2.45) is 29.6 Å². The molecule has 8 unspecified atom stereocenters. The second kappa shape index (κ2) is 6.12. The number of fused-ring (bicyclic) bond motifs is 5. The largest absolute Gasteiger partial charge is 0.299 e. The van der Waals surface area contributed by atoms with E-state index in [2.05, 4.69) is 47.4 Å². The van der Waals surface area contributed by atoms with Crippen molar-refractivity contribution >= 4 is 24.0 Å². The Hall–Kier alpha value is 0.657. The lowest BCUT2D eigenvalue weighted by Gasteiger charge is -2.42. The van der Waals surface area contributed by atoms with Crippen molar-refractivity contribution in [1.82, 2.24) is 4.90 Å². The number of alkyl halides is 1. The van der Waals surface area contributed by atoms with Gasteiger partial charge in [0.1, 0.15) is 0 Å². The number of likely N-dealkylation sites (tertiary alicyclic amines) is 1. The van der Waals surface area contributed by atoms with Crippen molar-refractivity contribution in [1.29, 1.82) is 0 Å². The molecule has 0 bridgehead atoms. The zero-order valence-corrected chi connectivity index (χ0v) is 18.2. The molecule has 4 aliphatic rings. The molecule has 0 aromatic rings. The Bertz CT molecular complexity index is 447. The van der Waals surface area contributed by atoms with Gasteiger partial charge in [0.15, 0.2) is 0 Å². The van der Waals surface area contributed by atoms with Crippen molar-refractivity contribution in [3.8, 4) is 0 Å². The minimum absolute atomic E-state index is 0.800. The molecular weight excluding hydrogens is 362 g/mol. The summed E-state index contributed by atoms with van der Waals surface area (Å²) < 4.78 is 0.